The monoisotopic (exact) mass is 310 g/mol. The van der Waals surface area contributed by atoms with Crippen molar-refractivity contribution < 1.29 is 19.7 Å². The van der Waals surface area contributed by atoms with Crippen molar-refractivity contribution in [3.8, 4) is 0 Å². The van der Waals surface area contributed by atoms with Crippen molar-refractivity contribution in [1.82, 2.24) is 10.5 Å². The highest BCUT2D eigenvalue weighted by molar-refractivity contribution is 7.22. The molecule has 2 amide bonds. The van der Waals surface area contributed by atoms with E-state index in [1.165, 1.54) is 23.7 Å². The fourth-order valence-electron chi connectivity index (χ4n) is 1.55. The van der Waals surface area contributed by atoms with Crippen LogP contribution in [0.2, 0.25) is 0 Å². The van der Waals surface area contributed by atoms with Gasteiger partial charge >= 0.3 is 0 Å². The zero-order valence-electron chi connectivity index (χ0n) is 10.5. The second-order valence-electron chi connectivity index (χ2n) is 4.01. The molecule has 1 aromatic carbocycles. The molecule has 0 unspecified atom stereocenters. The number of non-ortho nitro benzene ring substituents is 1. The van der Waals surface area contributed by atoms with E-state index in [9.17, 15) is 19.7 Å². The summed E-state index contributed by atoms with van der Waals surface area (Å²) in [5.41, 5.74) is 1.91. The van der Waals surface area contributed by atoms with Crippen LogP contribution in [0.15, 0.2) is 18.2 Å². The number of nitrogens with zero attached hydrogens (tertiary/aromatic N) is 2. The topological polar surface area (TPSA) is 134 Å². The molecular formula is C11H10N4O5S. The molecule has 0 spiro atoms. The van der Waals surface area contributed by atoms with E-state index >= 15 is 0 Å². The fraction of sp³-hybridized carbons (Fsp3) is 0.182. The van der Waals surface area contributed by atoms with Crippen LogP contribution in [0.4, 0.5) is 10.8 Å². The SMILES string of the molecule is O=C(CCC(=O)Nc1nc2ccc([N+](=O)[O-])cc2s1)NO. The summed E-state index contributed by atoms with van der Waals surface area (Å²) in [4.78, 5) is 36.6. The number of nitro groups is 1. The number of hydroxylamine groups is 1. The largest absolute Gasteiger partial charge is 0.302 e. The number of carbonyl (C=O) groups is 2. The molecule has 0 atom stereocenters. The van der Waals surface area contributed by atoms with Crippen molar-refractivity contribution in [2.45, 2.75) is 12.8 Å². The summed E-state index contributed by atoms with van der Waals surface area (Å²) in [6.45, 7) is 0. The summed E-state index contributed by atoms with van der Waals surface area (Å²) in [5, 5.41) is 21.8. The third-order valence-electron chi connectivity index (χ3n) is 2.53. The van der Waals surface area contributed by atoms with Gasteiger partial charge in [0.25, 0.3) is 5.69 Å². The summed E-state index contributed by atoms with van der Waals surface area (Å²) in [6.07, 6.45) is -0.263. The first kappa shape index (κ1) is 14.8. The van der Waals surface area contributed by atoms with Crippen LogP contribution in [0, 0.1) is 10.1 Å². The molecule has 0 bridgehead atoms. The van der Waals surface area contributed by atoms with Crippen molar-refractivity contribution in [2.75, 3.05) is 5.32 Å². The van der Waals surface area contributed by atoms with Gasteiger partial charge in [0.1, 0.15) is 0 Å². The highest BCUT2D eigenvalue weighted by atomic mass is 32.1. The van der Waals surface area contributed by atoms with E-state index in [-0.39, 0.29) is 18.5 Å². The van der Waals surface area contributed by atoms with Gasteiger partial charge in [0.2, 0.25) is 11.8 Å². The molecule has 2 aromatic rings. The minimum atomic E-state index is -0.662. The maximum atomic E-state index is 11.6. The van der Waals surface area contributed by atoms with Gasteiger partial charge in [0.05, 0.1) is 15.1 Å². The number of thiazole rings is 1. The summed E-state index contributed by atoms with van der Waals surface area (Å²) in [7, 11) is 0. The lowest BCUT2D eigenvalue weighted by Crippen LogP contribution is -2.21. The number of hydrogen-bond acceptors (Lipinski definition) is 7. The van der Waals surface area contributed by atoms with Crippen LogP contribution in [0.5, 0.6) is 0 Å². The van der Waals surface area contributed by atoms with Gasteiger partial charge in [0, 0.05) is 25.0 Å². The van der Waals surface area contributed by atoms with Gasteiger partial charge < -0.3 is 5.32 Å². The summed E-state index contributed by atoms with van der Waals surface area (Å²) in [5.74, 6) is -1.10. The summed E-state index contributed by atoms with van der Waals surface area (Å²) in [6, 6.07) is 4.21. The fourth-order valence-corrected chi connectivity index (χ4v) is 2.46. The predicted molar refractivity (Wildman–Crippen MR) is 74.1 cm³/mol. The number of aromatic nitrogens is 1. The minimum absolute atomic E-state index is 0.0522. The first-order valence-electron chi connectivity index (χ1n) is 5.77. The molecule has 10 heteroatoms. The van der Waals surface area contributed by atoms with E-state index in [0.717, 1.165) is 11.3 Å². The van der Waals surface area contributed by atoms with Crippen LogP contribution in [0.25, 0.3) is 10.2 Å². The number of amides is 2. The molecule has 0 aliphatic heterocycles. The van der Waals surface area contributed by atoms with Crippen molar-refractivity contribution in [3.63, 3.8) is 0 Å². The third-order valence-corrected chi connectivity index (χ3v) is 3.47. The smallest absolute Gasteiger partial charge is 0.270 e. The van der Waals surface area contributed by atoms with E-state index in [1.54, 1.807) is 0 Å². The highest BCUT2D eigenvalue weighted by Crippen LogP contribution is 2.29. The molecule has 0 radical (unpaired) electrons. The maximum Gasteiger partial charge on any atom is 0.270 e. The Balaban J connectivity index is 2.07. The van der Waals surface area contributed by atoms with Crippen molar-refractivity contribution >= 4 is 44.2 Å². The molecule has 0 aliphatic carbocycles. The molecule has 3 N–H and O–H groups in total. The molecule has 0 fully saturated rings. The van der Waals surface area contributed by atoms with Crippen molar-refractivity contribution in [3.05, 3.63) is 28.3 Å². The molecule has 0 aliphatic rings. The Kier molecular flexibility index (Phi) is 4.40. The average molecular weight is 310 g/mol. The van der Waals surface area contributed by atoms with Crippen LogP contribution >= 0.6 is 11.3 Å². The Morgan fingerprint density at radius 2 is 2.05 bits per heavy atom. The van der Waals surface area contributed by atoms with Crippen LogP contribution < -0.4 is 10.8 Å². The predicted octanol–water partition coefficient (Wildman–Crippen LogP) is 1.43. The van der Waals surface area contributed by atoms with Gasteiger partial charge in [-0.05, 0) is 6.07 Å². The summed E-state index contributed by atoms with van der Waals surface area (Å²) < 4.78 is 0.576. The Hall–Kier alpha value is -2.59. The lowest BCUT2D eigenvalue weighted by Gasteiger charge is -2.00. The van der Waals surface area contributed by atoms with E-state index in [4.69, 9.17) is 5.21 Å². The number of anilines is 1. The first-order chi connectivity index (χ1) is 9.99. The lowest BCUT2D eigenvalue weighted by atomic mass is 10.3. The molecule has 110 valence electrons. The van der Waals surface area contributed by atoms with Gasteiger partial charge in [-0.2, -0.15) is 0 Å². The average Bonchev–Trinajstić information content (AvgIpc) is 2.85. The van der Waals surface area contributed by atoms with Gasteiger partial charge in [0.15, 0.2) is 5.13 Å². The van der Waals surface area contributed by atoms with Gasteiger partial charge in [-0.15, -0.1) is 0 Å². The number of nitrogens with one attached hydrogen (secondary N) is 2. The minimum Gasteiger partial charge on any atom is -0.302 e. The molecule has 0 saturated carbocycles. The van der Waals surface area contributed by atoms with E-state index < -0.39 is 16.7 Å². The number of hydrogen-bond donors (Lipinski definition) is 3. The molecule has 1 aromatic heterocycles. The molecule has 0 saturated heterocycles. The van der Waals surface area contributed by atoms with Crippen molar-refractivity contribution in [1.29, 1.82) is 0 Å². The number of rotatable bonds is 5. The highest BCUT2D eigenvalue weighted by Gasteiger charge is 2.12. The van der Waals surface area contributed by atoms with Gasteiger partial charge in [-0.3, -0.25) is 24.9 Å². The molecular weight excluding hydrogens is 300 g/mol. The van der Waals surface area contributed by atoms with Crippen LogP contribution in [0.3, 0.4) is 0 Å². The Bertz CT molecular complexity index is 714. The number of benzene rings is 1. The number of fused-ring (bicyclic) bond motifs is 1. The molecule has 9 nitrogen and oxygen atoms in total. The number of carbonyl (C=O) groups excluding carboxylic acids is 2. The van der Waals surface area contributed by atoms with E-state index in [0.29, 0.717) is 15.3 Å². The second kappa shape index (κ2) is 6.24. The van der Waals surface area contributed by atoms with Gasteiger partial charge in [-0.1, -0.05) is 11.3 Å². The van der Waals surface area contributed by atoms with E-state index in [1.807, 2.05) is 0 Å². The van der Waals surface area contributed by atoms with E-state index in [2.05, 4.69) is 10.3 Å². The number of nitro benzene ring substituents is 1. The quantitative estimate of drug-likeness (QED) is 0.434. The molecule has 21 heavy (non-hydrogen) atoms. The van der Waals surface area contributed by atoms with Crippen molar-refractivity contribution in [2.24, 2.45) is 0 Å². The van der Waals surface area contributed by atoms with Crippen LogP contribution in [-0.2, 0) is 9.59 Å². The second-order valence-corrected chi connectivity index (χ2v) is 5.04. The van der Waals surface area contributed by atoms with Gasteiger partial charge in [-0.25, -0.2) is 10.5 Å². The van der Waals surface area contributed by atoms with Crippen LogP contribution in [0.1, 0.15) is 12.8 Å². The maximum absolute atomic E-state index is 11.6. The third kappa shape index (κ3) is 3.70. The Morgan fingerprint density at radius 1 is 1.33 bits per heavy atom. The first-order valence-corrected chi connectivity index (χ1v) is 6.59. The zero-order chi connectivity index (χ0) is 15.4. The zero-order valence-corrected chi connectivity index (χ0v) is 11.3. The molecule has 2 rings (SSSR count). The molecule has 1 heterocycles. The summed E-state index contributed by atoms with van der Waals surface area (Å²) >= 11 is 1.10. The van der Waals surface area contributed by atoms with Crippen LogP contribution in [-0.4, -0.2) is 26.9 Å². The normalized spacial score (nSPS) is 10.3. The Morgan fingerprint density at radius 3 is 2.71 bits per heavy atom. The Labute approximate surface area is 121 Å². The standard InChI is InChI=1S/C11H10N4O5S/c16-9(3-4-10(17)14-18)13-11-12-7-2-1-6(15(19)20)5-8(7)21-11/h1-2,5,18H,3-4H2,(H,14,17)(H,12,13,16). The lowest BCUT2D eigenvalue weighted by molar-refractivity contribution is -0.384.